The molecule has 2 aliphatic carbocycles. The Bertz CT molecular complexity index is 1750. The first kappa shape index (κ1) is 31.5. The third-order valence-electron chi connectivity index (χ3n) is 9.18. The maximum absolute atomic E-state index is 14.2. The number of amides is 1. The van der Waals surface area contributed by atoms with Gasteiger partial charge in [0.25, 0.3) is 5.91 Å². The minimum Gasteiger partial charge on any atom is -0.388 e. The Balaban J connectivity index is 1.25. The van der Waals surface area contributed by atoms with Gasteiger partial charge in [-0.3, -0.25) is 9.63 Å². The number of carbonyl (C=O) groups excluding carboxylic acids is 1. The summed E-state index contributed by atoms with van der Waals surface area (Å²) in [4.78, 5) is 18.5. The second-order valence-corrected chi connectivity index (χ2v) is 14.5. The van der Waals surface area contributed by atoms with Crippen molar-refractivity contribution in [3.05, 3.63) is 94.3 Å². The van der Waals surface area contributed by atoms with Crippen LogP contribution in [0, 0.1) is 46.5 Å². The Morgan fingerprint density at radius 2 is 1.71 bits per heavy atom. The third-order valence-corrected chi connectivity index (χ3v) is 12.1. The highest BCUT2D eigenvalue weighted by atomic mass is 35.5. The standard InChI is InChI=1S/C32H29ClF3N3O5S/c33-24-9-8-19(31(40)38-23-11-25(34)28(36)26(35)12-23)10-27(24)45(42,43)29-20-6-7-21(29)14-32(41,13-20)30-22(15-37)17-44-39(30)16-18-4-2-1-3-5-18/h1-5,8-12,20-22,29-30,41H,6-7,13-14,16-17H2,(H,38,40). The molecule has 2 saturated carbocycles. The van der Waals surface area contributed by atoms with E-state index < -0.39 is 67.8 Å². The average molecular weight is 660 g/mol. The Labute approximate surface area is 263 Å². The molecule has 8 nitrogen and oxygen atoms in total. The highest BCUT2D eigenvalue weighted by Crippen LogP contribution is 2.54. The smallest absolute Gasteiger partial charge is 0.255 e. The number of aliphatic hydroxyl groups is 1. The molecule has 3 aromatic rings. The van der Waals surface area contributed by atoms with Gasteiger partial charge in [0.1, 0.15) is 0 Å². The van der Waals surface area contributed by atoms with Crippen molar-refractivity contribution in [3.8, 4) is 6.07 Å². The minimum atomic E-state index is -4.13. The van der Waals surface area contributed by atoms with Crippen molar-refractivity contribution < 1.29 is 36.3 Å². The predicted molar refractivity (Wildman–Crippen MR) is 158 cm³/mol. The molecule has 3 aromatic carbocycles. The summed E-state index contributed by atoms with van der Waals surface area (Å²) in [5.74, 6) is -7.06. The van der Waals surface area contributed by atoms with Crippen LogP contribution in [-0.2, 0) is 21.2 Å². The Morgan fingerprint density at radius 3 is 2.33 bits per heavy atom. The van der Waals surface area contributed by atoms with E-state index in [0.29, 0.717) is 31.5 Å². The maximum Gasteiger partial charge on any atom is 0.255 e. The zero-order valence-corrected chi connectivity index (χ0v) is 25.4. The topological polar surface area (TPSA) is 120 Å². The molecule has 1 aliphatic heterocycles. The van der Waals surface area contributed by atoms with E-state index in [-0.39, 0.29) is 40.6 Å². The van der Waals surface area contributed by atoms with Crippen LogP contribution >= 0.6 is 11.6 Å². The number of halogens is 4. The van der Waals surface area contributed by atoms with Crippen molar-refractivity contribution >= 4 is 33.0 Å². The number of hydrogen-bond donors (Lipinski definition) is 2. The quantitative estimate of drug-likeness (QED) is 0.314. The van der Waals surface area contributed by atoms with Gasteiger partial charge in [0, 0.05) is 29.9 Å². The normalized spacial score (nSPS) is 28.1. The van der Waals surface area contributed by atoms with Crippen LogP contribution < -0.4 is 5.32 Å². The summed E-state index contributed by atoms with van der Waals surface area (Å²) in [5, 5.41) is 24.9. The molecule has 2 bridgehead atoms. The molecule has 4 atom stereocenters. The van der Waals surface area contributed by atoms with Gasteiger partial charge in [-0.1, -0.05) is 41.9 Å². The number of rotatable bonds is 7. The van der Waals surface area contributed by atoms with Crippen LogP contribution in [0.25, 0.3) is 0 Å². The summed E-state index contributed by atoms with van der Waals surface area (Å²) in [7, 11) is -4.13. The molecule has 1 amide bonds. The van der Waals surface area contributed by atoms with Gasteiger partial charge in [0.05, 0.1) is 45.4 Å². The fourth-order valence-corrected chi connectivity index (χ4v) is 10.2. The van der Waals surface area contributed by atoms with Gasteiger partial charge in [-0.25, -0.2) is 21.6 Å². The van der Waals surface area contributed by atoms with E-state index in [1.54, 1.807) is 5.06 Å². The summed E-state index contributed by atoms with van der Waals surface area (Å²) in [6.07, 6.45) is 1.34. The first-order valence-corrected chi connectivity index (χ1v) is 16.4. The molecular formula is C32H29ClF3N3O5S. The molecule has 0 aromatic heterocycles. The maximum atomic E-state index is 14.2. The van der Waals surface area contributed by atoms with Gasteiger partial charge in [-0.2, -0.15) is 10.3 Å². The number of hydrogen-bond acceptors (Lipinski definition) is 7. The highest BCUT2D eigenvalue weighted by molar-refractivity contribution is 7.92. The monoisotopic (exact) mass is 659 g/mol. The van der Waals surface area contributed by atoms with E-state index in [1.807, 2.05) is 30.3 Å². The van der Waals surface area contributed by atoms with E-state index in [1.165, 1.54) is 12.1 Å². The lowest BCUT2D eigenvalue weighted by Gasteiger charge is -2.46. The number of nitrogens with one attached hydrogen (secondary N) is 1. The lowest BCUT2D eigenvalue weighted by Crippen LogP contribution is -2.57. The minimum absolute atomic E-state index is 0.103. The second kappa shape index (κ2) is 12.0. The number of sulfone groups is 1. The molecule has 0 radical (unpaired) electrons. The second-order valence-electron chi connectivity index (χ2n) is 12.0. The molecule has 4 unspecified atom stereocenters. The molecule has 1 saturated heterocycles. The van der Waals surface area contributed by atoms with Crippen LogP contribution in [0.4, 0.5) is 18.9 Å². The van der Waals surface area contributed by atoms with E-state index in [9.17, 15) is 36.8 Å². The first-order chi connectivity index (χ1) is 21.4. The SMILES string of the molecule is N#CC1CON(Cc2ccccc2)C1C1(O)CC2CCC(C1)C2S(=O)(=O)c1cc(C(=O)Nc2cc(F)c(F)c(F)c2)ccc1Cl. The number of nitriles is 1. The molecule has 13 heteroatoms. The summed E-state index contributed by atoms with van der Waals surface area (Å²) in [6, 6.07) is 16.0. The van der Waals surface area contributed by atoms with Crippen molar-refractivity contribution in [1.29, 1.82) is 5.26 Å². The number of carbonyl (C=O) groups is 1. The van der Waals surface area contributed by atoms with Crippen LogP contribution in [0.2, 0.25) is 5.02 Å². The van der Waals surface area contributed by atoms with Gasteiger partial charge >= 0.3 is 0 Å². The van der Waals surface area contributed by atoms with Gasteiger partial charge in [-0.15, -0.1) is 0 Å². The van der Waals surface area contributed by atoms with Crippen molar-refractivity contribution in [3.63, 3.8) is 0 Å². The summed E-state index contributed by atoms with van der Waals surface area (Å²) in [6.45, 7) is 0.472. The molecule has 236 valence electrons. The van der Waals surface area contributed by atoms with Crippen LogP contribution in [0.15, 0.2) is 65.6 Å². The molecule has 3 fully saturated rings. The first-order valence-electron chi connectivity index (χ1n) is 14.5. The summed E-state index contributed by atoms with van der Waals surface area (Å²) < 4.78 is 69.0. The lowest BCUT2D eigenvalue weighted by atomic mass is 9.70. The number of nitrogens with zero attached hydrogens (tertiary/aromatic N) is 2. The molecular weight excluding hydrogens is 631 g/mol. The molecule has 6 rings (SSSR count). The van der Waals surface area contributed by atoms with Crippen LogP contribution in [0.5, 0.6) is 0 Å². The fraction of sp³-hybridized carbons (Fsp3) is 0.375. The Hall–Kier alpha value is -3.47. The Kier molecular flexibility index (Phi) is 8.43. The summed E-state index contributed by atoms with van der Waals surface area (Å²) in [5.41, 5.74) is -0.931. The zero-order valence-electron chi connectivity index (χ0n) is 23.8. The predicted octanol–water partition coefficient (Wildman–Crippen LogP) is 5.66. The molecule has 2 N–H and O–H groups in total. The number of anilines is 1. The molecule has 1 heterocycles. The summed E-state index contributed by atoms with van der Waals surface area (Å²) >= 11 is 6.37. The third kappa shape index (κ3) is 5.84. The van der Waals surface area contributed by atoms with Crippen LogP contribution in [-0.4, -0.2) is 48.0 Å². The van der Waals surface area contributed by atoms with E-state index in [2.05, 4.69) is 11.4 Å². The molecule has 0 spiro atoms. The average Bonchev–Trinajstić information content (AvgIpc) is 3.55. The van der Waals surface area contributed by atoms with Crippen molar-refractivity contribution in [2.45, 2.75) is 54.0 Å². The molecule has 3 aliphatic rings. The Morgan fingerprint density at radius 1 is 1.07 bits per heavy atom. The zero-order chi connectivity index (χ0) is 32.1. The van der Waals surface area contributed by atoms with E-state index in [0.717, 1.165) is 11.6 Å². The van der Waals surface area contributed by atoms with Gasteiger partial charge in [0.2, 0.25) is 0 Å². The largest absolute Gasteiger partial charge is 0.388 e. The van der Waals surface area contributed by atoms with Gasteiger partial charge in [-0.05, 0) is 61.3 Å². The number of benzene rings is 3. The van der Waals surface area contributed by atoms with E-state index in [4.69, 9.17) is 16.4 Å². The number of fused-ring (bicyclic) bond motifs is 2. The van der Waals surface area contributed by atoms with Crippen molar-refractivity contribution in [2.24, 2.45) is 17.8 Å². The van der Waals surface area contributed by atoms with Crippen LogP contribution in [0.1, 0.15) is 41.6 Å². The van der Waals surface area contributed by atoms with Crippen LogP contribution in [0.3, 0.4) is 0 Å². The van der Waals surface area contributed by atoms with Gasteiger partial charge in [0.15, 0.2) is 27.3 Å². The fourth-order valence-electron chi connectivity index (χ4n) is 7.36. The van der Waals surface area contributed by atoms with Crippen molar-refractivity contribution in [2.75, 3.05) is 11.9 Å². The number of hydroxylamine groups is 2. The lowest BCUT2D eigenvalue weighted by molar-refractivity contribution is -0.191. The van der Waals surface area contributed by atoms with Gasteiger partial charge < -0.3 is 10.4 Å². The molecule has 45 heavy (non-hydrogen) atoms. The van der Waals surface area contributed by atoms with E-state index >= 15 is 0 Å². The van der Waals surface area contributed by atoms with Crippen molar-refractivity contribution in [1.82, 2.24) is 5.06 Å². The highest BCUT2D eigenvalue weighted by Gasteiger charge is 2.60.